The maximum Gasteiger partial charge on any atom is 0.132 e. The van der Waals surface area contributed by atoms with Gasteiger partial charge in [-0.3, -0.25) is 0 Å². The molecule has 6 nitrogen and oxygen atoms in total. The zero-order valence-electron chi connectivity index (χ0n) is 14.2. The second-order valence-electron chi connectivity index (χ2n) is 6.72. The number of hydrogen-bond acceptors (Lipinski definition) is 6. The first-order chi connectivity index (χ1) is 11.1. The molecule has 2 saturated heterocycles. The number of piperidine rings is 1. The molecule has 0 aliphatic carbocycles. The Morgan fingerprint density at radius 2 is 1.91 bits per heavy atom. The van der Waals surface area contributed by atoms with Crippen molar-refractivity contribution in [1.82, 2.24) is 14.9 Å². The van der Waals surface area contributed by atoms with Crippen LogP contribution in [0.2, 0.25) is 0 Å². The van der Waals surface area contributed by atoms with Gasteiger partial charge >= 0.3 is 0 Å². The average Bonchev–Trinajstić information content (AvgIpc) is 2.55. The highest BCUT2D eigenvalue weighted by Crippen LogP contribution is 2.29. The predicted molar refractivity (Wildman–Crippen MR) is 89.9 cm³/mol. The second kappa shape index (κ2) is 7.55. The molecule has 2 aliphatic heterocycles. The van der Waals surface area contributed by atoms with Crippen molar-refractivity contribution in [3.05, 3.63) is 17.6 Å². The van der Waals surface area contributed by atoms with Crippen LogP contribution in [0.15, 0.2) is 6.07 Å². The Labute approximate surface area is 138 Å². The van der Waals surface area contributed by atoms with E-state index in [1.807, 2.05) is 13.8 Å². The molecule has 3 rings (SSSR count). The standard InChI is InChI=1S/C17H28N4O2/c1-13(22)12-20-5-3-15(4-6-20)16-11-17(19-14(2)18-16)21-7-9-23-10-8-21/h11,13,15,22H,3-10,12H2,1-2H3/t13-/m1/s1. The third-order valence-electron chi connectivity index (χ3n) is 4.71. The summed E-state index contributed by atoms with van der Waals surface area (Å²) in [7, 11) is 0. The molecule has 0 bridgehead atoms. The SMILES string of the molecule is Cc1nc(C2CCN(C[C@@H](C)O)CC2)cc(N2CCOCC2)n1. The summed E-state index contributed by atoms with van der Waals surface area (Å²) in [4.78, 5) is 14.0. The number of likely N-dealkylation sites (tertiary alicyclic amines) is 1. The summed E-state index contributed by atoms with van der Waals surface area (Å²) in [6.45, 7) is 10.0. The van der Waals surface area contributed by atoms with Gasteiger partial charge in [0.25, 0.3) is 0 Å². The summed E-state index contributed by atoms with van der Waals surface area (Å²) in [6.07, 6.45) is 1.96. The number of ether oxygens (including phenoxy) is 1. The highest BCUT2D eigenvalue weighted by molar-refractivity contribution is 5.41. The van der Waals surface area contributed by atoms with Crippen LogP contribution in [0.1, 0.15) is 37.2 Å². The molecular weight excluding hydrogens is 292 g/mol. The van der Waals surface area contributed by atoms with Gasteiger partial charge in [0.15, 0.2) is 0 Å². The first-order valence-corrected chi connectivity index (χ1v) is 8.70. The van der Waals surface area contributed by atoms with E-state index in [2.05, 4.69) is 20.9 Å². The summed E-state index contributed by atoms with van der Waals surface area (Å²) in [5.41, 5.74) is 1.18. The molecule has 6 heteroatoms. The molecule has 1 atom stereocenters. The van der Waals surface area contributed by atoms with Gasteiger partial charge in [0, 0.05) is 37.3 Å². The van der Waals surface area contributed by atoms with E-state index in [9.17, 15) is 5.11 Å². The van der Waals surface area contributed by atoms with Crippen molar-refractivity contribution in [2.45, 2.75) is 38.7 Å². The number of aliphatic hydroxyl groups is 1. The lowest BCUT2D eigenvalue weighted by Gasteiger charge is -2.33. The van der Waals surface area contributed by atoms with Crippen molar-refractivity contribution < 1.29 is 9.84 Å². The Bertz CT molecular complexity index is 509. The van der Waals surface area contributed by atoms with Crippen molar-refractivity contribution in [3.63, 3.8) is 0 Å². The fourth-order valence-corrected chi connectivity index (χ4v) is 3.52. The van der Waals surface area contributed by atoms with Gasteiger partial charge in [0.1, 0.15) is 11.6 Å². The maximum atomic E-state index is 9.53. The summed E-state index contributed by atoms with van der Waals surface area (Å²) in [5.74, 6) is 2.40. The lowest BCUT2D eigenvalue weighted by molar-refractivity contribution is 0.109. The van der Waals surface area contributed by atoms with Crippen molar-refractivity contribution in [2.75, 3.05) is 50.8 Å². The molecule has 0 radical (unpaired) electrons. The number of aromatic nitrogens is 2. The zero-order valence-corrected chi connectivity index (χ0v) is 14.2. The van der Waals surface area contributed by atoms with E-state index in [1.165, 1.54) is 5.69 Å². The fraction of sp³-hybridized carbons (Fsp3) is 0.765. The van der Waals surface area contributed by atoms with Crippen LogP contribution < -0.4 is 4.90 Å². The van der Waals surface area contributed by atoms with Gasteiger partial charge < -0.3 is 19.6 Å². The largest absolute Gasteiger partial charge is 0.392 e. The van der Waals surface area contributed by atoms with Gasteiger partial charge in [-0.25, -0.2) is 9.97 Å². The predicted octanol–water partition coefficient (Wildman–Crippen LogP) is 1.18. The number of morpholine rings is 1. The van der Waals surface area contributed by atoms with Gasteiger partial charge in [-0.15, -0.1) is 0 Å². The van der Waals surface area contributed by atoms with E-state index < -0.39 is 0 Å². The van der Waals surface area contributed by atoms with Gasteiger partial charge in [-0.05, 0) is 39.8 Å². The first kappa shape index (κ1) is 16.6. The Hall–Kier alpha value is -1.24. The number of rotatable bonds is 4. The highest BCUT2D eigenvalue weighted by Gasteiger charge is 2.24. The van der Waals surface area contributed by atoms with E-state index in [0.717, 1.165) is 70.4 Å². The number of aryl methyl sites for hydroxylation is 1. The number of nitrogens with zero attached hydrogens (tertiary/aromatic N) is 4. The lowest BCUT2D eigenvalue weighted by Crippen LogP contribution is -2.38. The third-order valence-corrected chi connectivity index (χ3v) is 4.71. The molecule has 0 saturated carbocycles. The molecule has 1 N–H and O–H groups in total. The van der Waals surface area contributed by atoms with Crippen molar-refractivity contribution in [3.8, 4) is 0 Å². The van der Waals surface area contributed by atoms with E-state index in [4.69, 9.17) is 9.72 Å². The third kappa shape index (κ3) is 4.40. The minimum atomic E-state index is -0.249. The molecule has 0 spiro atoms. The van der Waals surface area contributed by atoms with Crippen LogP contribution in [-0.2, 0) is 4.74 Å². The van der Waals surface area contributed by atoms with Crippen LogP contribution in [-0.4, -0.2) is 72.0 Å². The number of hydrogen-bond donors (Lipinski definition) is 1. The molecule has 0 amide bonds. The molecule has 1 aromatic rings. The molecular formula is C17H28N4O2. The molecule has 1 aromatic heterocycles. The maximum absolute atomic E-state index is 9.53. The fourth-order valence-electron chi connectivity index (χ4n) is 3.52. The van der Waals surface area contributed by atoms with Crippen LogP contribution in [0.4, 0.5) is 5.82 Å². The normalized spacial score (nSPS) is 22.3. The van der Waals surface area contributed by atoms with E-state index >= 15 is 0 Å². The van der Waals surface area contributed by atoms with Crippen molar-refractivity contribution >= 4 is 5.82 Å². The van der Waals surface area contributed by atoms with Crippen molar-refractivity contribution in [2.24, 2.45) is 0 Å². The zero-order chi connectivity index (χ0) is 16.2. The topological polar surface area (TPSA) is 61.7 Å². The Kier molecular flexibility index (Phi) is 5.46. The van der Waals surface area contributed by atoms with E-state index in [-0.39, 0.29) is 6.10 Å². The first-order valence-electron chi connectivity index (χ1n) is 8.70. The number of anilines is 1. The van der Waals surface area contributed by atoms with Crippen molar-refractivity contribution in [1.29, 1.82) is 0 Å². The Balaban J connectivity index is 1.67. The van der Waals surface area contributed by atoms with Gasteiger partial charge in [0.2, 0.25) is 0 Å². The van der Waals surface area contributed by atoms with Gasteiger partial charge in [0.05, 0.1) is 19.3 Å². The van der Waals surface area contributed by atoms with Gasteiger partial charge in [-0.2, -0.15) is 0 Å². The number of aliphatic hydroxyl groups excluding tert-OH is 1. The Morgan fingerprint density at radius 1 is 1.22 bits per heavy atom. The lowest BCUT2D eigenvalue weighted by atomic mass is 9.93. The van der Waals surface area contributed by atoms with E-state index in [1.54, 1.807) is 0 Å². The molecule has 23 heavy (non-hydrogen) atoms. The number of β-amino-alcohol motifs (C(OH)–C–C–N with tert-alkyl or cyclic N) is 1. The smallest absolute Gasteiger partial charge is 0.132 e. The summed E-state index contributed by atoms with van der Waals surface area (Å²) in [6, 6.07) is 2.17. The van der Waals surface area contributed by atoms with Crippen LogP contribution >= 0.6 is 0 Å². The summed E-state index contributed by atoms with van der Waals surface area (Å²) >= 11 is 0. The summed E-state index contributed by atoms with van der Waals surface area (Å²) in [5, 5.41) is 9.53. The monoisotopic (exact) mass is 320 g/mol. The molecule has 2 fully saturated rings. The quantitative estimate of drug-likeness (QED) is 0.899. The van der Waals surface area contributed by atoms with Crippen LogP contribution in [0.5, 0.6) is 0 Å². The molecule has 0 unspecified atom stereocenters. The molecule has 128 valence electrons. The van der Waals surface area contributed by atoms with Gasteiger partial charge in [-0.1, -0.05) is 0 Å². The van der Waals surface area contributed by atoms with Crippen LogP contribution in [0.25, 0.3) is 0 Å². The minimum absolute atomic E-state index is 0.249. The van der Waals surface area contributed by atoms with Crippen LogP contribution in [0, 0.1) is 6.92 Å². The minimum Gasteiger partial charge on any atom is -0.392 e. The average molecular weight is 320 g/mol. The summed E-state index contributed by atoms with van der Waals surface area (Å²) < 4.78 is 5.43. The molecule has 3 heterocycles. The Morgan fingerprint density at radius 3 is 2.57 bits per heavy atom. The highest BCUT2D eigenvalue weighted by atomic mass is 16.5. The second-order valence-corrected chi connectivity index (χ2v) is 6.72. The van der Waals surface area contributed by atoms with Crippen LogP contribution in [0.3, 0.4) is 0 Å². The van der Waals surface area contributed by atoms with E-state index in [0.29, 0.717) is 5.92 Å². The molecule has 0 aromatic carbocycles. The molecule has 2 aliphatic rings.